The molecule has 1 saturated heterocycles. The van der Waals surface area contributed by atoms with Gasteiger partial charge in [0.15, 0.2) is 5.78 Å². The number of nitrogens with one attached hydrogen (secondary N) is 2. The fraction of sp³-hybridized carbons (Fsp3) is 0.389. The van der Waals surface area contributed by atoms with Crippen LogP contribution in [0.4, 0.5) is 0 Å². The predicted octanol–water partition coefficient (Wildman–Crippen LogP) is 1.72. The van der Waals surface area contributed by atoms with Gasteiger partial charge in [0.05, 0.1) is 6.04 Å². The molecule has 1 aliphatic heterocycles. The first-order valence-corrected chi connectivity index (χ1v) is 8.24. The van der Waals surface area contributed by atoms with E-state index in [1.807, 2.05) is 11.0 Å². The number of Topliss-reactive ketones (excluding diaryl/α,β-unsaturated/α-hetero) is 1. The third kappa shape index (κ3) is 2.68. The summed E-state index contributed by atoms with van der Waals surface area (Å²) in [5.74, 6) is 0.264. The number of amides is 2. The quantitative estimate of drug-likeness (QED) is 0.840. The van der Waals surface area contributed by atoms with Crippen molar-refractivity contribution in [3.8, 4) is 0 Å². The van der Waals surface area contributed by atoms with Crippen LogP contribution >= 0.6 is 0 Å². The Hall–Kier alpha value is -2.63. The van der Waals surface area contributed by atoms with E-state index < -0.39 is 0 Å². The Morgan fingerprint density at radius 2 is 1.92 bits per heavy atom. The van der Waals surface area contributed by atoms with Crippen molar-refractivity contribution in [2.45, 2.75) is 25.8 Å². The zero-order valence-electron chi connectivity index (χ0n) is 13.5. The van der Waals surface area contributed by atoms with Gasteiger partial charge in [-0.1, -0.05) is 12.1 Å². The second-order valence-electron chi connectivity index (χ2n) is 6.73. The van der Waals surface area contributed by atoms with Crippen LogP contribution < -0.4 is 5.32 Å². The normalized spacial score (nSPS) is 17.6. The van der Waals surface area contributed by atoms with Crippen molar-refractivity contribution in [1.82, 2.24) is 15.2 Å². The molecule has 0 radical (unpaired) electrons. The number of benzene rings is 1. The number of ketones is 1. The Kier molecular flexibility index (Phi) is 3.40. The lowest BCUT2D eigenvalue weighted by molar-refractivity contribution is -0.137. The van der Waals surface area contributed by atoms with Crippen LogP contribution in [0.25, 0.3) is 10.9 Å². The highest BCUT2D eigenvalue weighted by atomic mass is 16.2. The molecule has 6 heteroatoms. The number of aromatic amines is 1. The SMILES string of the molecule is CC(=O)c1ccc2cc(C(=O)NC3CN(C(=O)C4CC4)C3)[nH]c2c1. The third-order valence-electron chi connectivity index (χ3n) is 4.73. The van der Waals surface area contributed by atoms with Crippen LogP contribution in [0.2, 0.25) is 0 Å². The molecule has 2 aliphatic rings. The van der Waals surface area contributed by atoms with E-state index in [4.69, 9.17) is 0 Å². The first-order valence-electron chi connectivity index (χ1n) is 8.24. The predicted molar refractivity (Wildman–Crippen MR) is 88.9 cm³/mol. The van der Waals surface area contributed by atoms with E-state index in [2.05, 4.69) is 10.3 Å². The molecule has 1 aliphatic carbocycles. The summed E-state index contributed by atoms with van der Waals surface area (Å²) in [5, 5.41) is 3.84. The maximum atomic E-state index is 12.3. The van der Waals surface area contributed by atoms with Gasteiger partial charge in [0.1, 0.15) is 5.69 Å². The minimum Gasteiger partial charge on any atom is -0.351 e. The fourth-order valence-corrected chi connectivity index (χ4v) is 3.07. The molecule has 2 amide bonds. The van der Waals surface area contributed by atoms with E-state index in [1.54, 1.807) is 18.2 Å². The van der Waals surface area contributed by atoms with Gasteiger partial charge in [-0.05, 0) is 31.9 Å². The Bertz CT molecular complexity index is 844. The van der Waals surface area contributed by atoms with E-state index in [-0.39, 0.29) is 29.6 Å². The lowest BCUT2D eigenvalue weighted by Crippen LogP contribution is -2.61. The number of hydrogen-bond donors (Lipinski definition) is 2. The van der Waals surface area contributed by atoms with E-state index in [0.717, 1.165) is 23.7 Å². The molecule has 0 atom stereocenters. The minimum atomic E-state index is -0.181. The fourth-order valence-electron chi connectivity index (χ4n) is 3.07. The lowest BCUT2D eigenvalue weighted by atomic mass is 10.1. The van der Waals surface area contributed by atoms with Gasteiger partial charge in [-0.25, -0.2) is 0 Å². The van der Waals surface area contributed by atoms with Crippen molar-refractivity contribution in [2.24, 2.45) is 5.92 Å². The number of hydrogen-bond acceptors (Lipinski definition) is 3. The molecular formula is C18H19N3O3. The van der Waals surface area contributed by atoms with Gasteiger partial charge >= 0.3 is 0 Å². The number of likely N-dealkylation sites (tertiary alicyclic amines) is 1. The van der Waals surface area contributed by atoms with Crippen LogP contribution in [0.15, 0.2) is 24.3 Å². The summed E-state index contributed by atoms with van der Waals surface area (Å²) >= 11 is 0. The summed E-state index contributed by atoms with van der Waals surface area (Å²) in [6.07, 6.45) is 2.01. The van der Waals surface area contributed by atoms with Crippen molar-refractivity contribution in [3.63, 3.8) is 0 Å². The van der Waals surface area contributed by atoms with Gasteiger partial charge in [-0.2, -0.15) is 0 Å². The first-order chi connectivity index (χ1) is 11.5. The molecule has 0 spiro atoms. The number of rotatable bonds is 4. The summed E-state index contributed by atoms with van der Waals surface area (Å²) < 4.78 is 0. The molecule has 2 fully saturated rings. The van der Waals surface area contributed by atoms with Gasteiger partial charge in [-0.15, -0.1) is 0 Å². The number of carbonyl (C=O) groups is 3. The largest absolute Gasteiger partial charge is 0.351 e. The molecule has 1 aromatic carbocycles. The Morgan fingerprint density at radius 1 is 1.17 bits per heavy atom. The van der Waals surface area contributed by atoms with Crippen LogP contribution in [0.1, 0.15) is 40.6 Å². The highest BCUT2D eigenvalue weighted by Crippen LogP contribution is 2.32. The van der Waals surface area contributed by atoms with Crippen LogP contribution in [0, 0.1) is 5.92 Å². The monoisotopic (exact) mass is 325 g/mol. The highest BCUT2D eigenvalue weighted by Gasteiger charge is 2.39. The van der Waals surface area contributed by atoms with Crippen LogP contribution in [-0.2, 0) is 4.79 Å². The smallest absolute Gasteiger partial charge is 0.268 e. The second kappa shape index (κ2) is 5.47. The van der Waals surface area contributed by atoms with Gasteiger partial charge in [0, 0.05) is 35.5 Å². The minimum absolute atomic E-state index is 0.00705. The van der Waals surface area contributed by atoms with Crippen molar-refractivity contribution in [3.05, 3.63) is 35.5 Å². The number of fused-ring (bicyclic) bond motifs is 1. The number of carbonyl (C=O) groups excluding carboxylic acids is 3. The van der Waals surface area contributed by atoms with Gasteiger partial charge in [-0.3, -0.25) is 14.4 Å². The van der Waals surface area contributed by atoms with Crippen LogP contribution in [-0.4, -0.2) is 46.6 Å². The van der Waals surface area contributed by atoms with Crippen molar-refractivity contribution < 1.29 is 14.4 Å². The summed E-state index contributed by atoms with van der Waals surface area (Å²) in [4.78, 5) is 40.5. The van der Waals surface area contributed by atoms with E-state index in [1.165, 1.54) is 6.92 Å². The zero-order valence-corrected chi connectivity index (χ0v) is 13.5. The maximum absolute atomic E-state index is 12.3. The summed E-state index contributed by atoms with van der Waals surface area (Å²) in [7, 11) is 0. The number of H-pyrrole nitrogens is 1. The summed E-state index contributed by atoms with van der Waals surface area (Å²) in [5.41, 5.74) is 1.86. The molecule has 1 saturated carbocycles. The standard InChI is InChI=1S/C18H19N3O3/c1-10(22)12-4-5-13-7-16(20-15(13)6-12)17(23)19-14-8-21(9-14)18(24)11-2-3-11/h4-7,11,14,20H,2-3,8-9H2,1H3,(H,19,23). The van der Waals surface area contributed by atoms with Gasteiger partial charge in [0.2, 0.25) is 5.91 Å². The van der Waals surface area contributed by atoms with Gasteiger partial charge < -0.3 is 15.2 Å². The Labute approximate surface area is 139 Å². The molecule has 6 nitrogen and oxygen atoms in total. The molecular weight excluding hydrogens is 306 g/mol. The van der Waals surface area contributed by atoms with Crippen LogP contribution in [0.3, 0.4) is 0 Å². The molecule has 0 bridgehead atoms. The average Bonchev–Trinajstić information content (AvgIpc) is 3.27. The number of nitrogens with zero attached hydrogens (tertiary/aromatic N) is 1. The molecule has 2 aromatic rings. The summed E-state index contributed by atoms with van der Waals surface area (Å²) in [6, 6.07) is 7.14. The van der Waals surface area contributed by atoms with Crippen LogP contribution in [0.5, 0.6) is 0 Å². The first kappa shape index (κ1) is 14.9. The molecule has 24 heavy (non-hydrogen) atoms. The van der Waals surface area contributed by atoms with Crippen molar-refractivity contribution in [2.75, 3.05) is 13.1 Å². The Morgan fingerprint density at radius 3 is 2.58 bits per heavy atom. The number of aromatic nitrogens is 1. The van der Waals surface area contributed by atoms with Crippen molar-refractivity contribution in [1.29, 1.82) is 0 Å². The van der Waals surface area contributed by atoms with Gasteiger partial charge in [0.25, 0.3) is 5.91 Å². The highest BCUT2D eigenvalue weighted by molar-refractivity contribution is 6.01. The molecule has 1 aromatic heterocycles. The van der Waals surface area contributed by atoms with E-state index in [9.17, 15) is 14.4 Å². The van der Waals surface area contributed by atoms with E-state index >= 15 is 0 Å². The molecule has 0 unspecified atom stereocenters. The second-order valence-corrected chi connectivity index (χ2v) is 6.73. The summed E-state index contributed by atoms with van der Waals surface area (Å²) in [6.45, 7) is 2.70. The molecule has 124 valence electrons. The Balaban J connectivity index is 1.40. The molecule has 4 rings (SSSR count). The zero-order chi connectivity index (χ0) is 16.8. The third-order valence-corrected chi connectivity index (χ3v) is 4.73. The molecule has 2 heterocycles. The average molecular weight is 325 g/mol. The lowest BCUT2D eigenvalue weighted by Gasteiger charge is -2.39. The maximum Gasteiger partial charge on any atom is 0.268 e. The topological polar surface area (TPSA) is 82.3 Å². The molecule has 2 N–H and O–H groups in total. The van der Waals surface area contributed by atoms with E-state index in [0.29, 0.717) is 24.3 Å². The van der Waals surface area contributed by atoms with Crippen molar-refractivity contribution >= 4 is 28.5 Å².